The molecule has 21 heavy (non-hydrogen) atoms. The van der Waals surface area contributed by atoms with Crippen LogP contribution in [0.25, 0.3) is 0 Å². The number of rotatable bonds is 5. The van der Waals surface area contributed by atoms with Crippen LogP contribution < -0.4 is 10.1 Å². The number of furan rings is 1. The first-order valence-corrected chi connectivity index (χ1v) is 7.03. The van der Waals surface area contributed by atoms with Gasteiger partial charge >= 0.3 is 0 Å². The maximum Gasteiger partial charge on any atom is 0.255 e. The summed E-state index contributed by atoms with van der Waals surface area (Å²) >= 11 is 0. The molecule has 112 valence electrons. The van der Waals surface area contributed by atoms with Gasteiger partial charge in [0.05, 0.1) is 12.1 Å². The van der Waals surface area contributed by atoms with Crippen molar-refractivity contribution in [1.82, 2.24) is 5.32 Å². The van der Waals surface area contributed by atoms with E-state index in [2.05, 4.69) is 5.32 Å². The number of ether oxygens (including phenoxy) is 1. The fourth-order valence-corrected chi connectivity index (χ4v) is 2.25. The Bertz CT molecular complexity index is 643. The normalized spacial score (nSPS) is 10.5. The predicted octanol–water partition coefficient (Wildman–Crippen LogP) is 3.32. The first kappa shape index (κ1) is 15.2. The van der Waals surface area contributed by atoms with Gasteiger partial charge in [-0.05, 0) is 45.4 Å². The van der Waals surface area contributed by atoms with Gasteiger partial charge in [-0.25, -0.2) is 0 Å². The van der Waals surface area contributed by atoms with Crippen molar-refractivity contribution >= 4 is 5.91 Å². The van der Waals surface area contributed by atoms with Crippen LogP contribution in [0.4, 0.5) is 0 Å². The van der Waals surface area contributed by atoms with E-state index in [4.69, 9.17) is 9.15 Å². The molecule has 0 unspecified atom stereocenters. The number of amides is 1. The van der Waals surface area contributed by atoms with Crippen LogP contribution in [0.5, 0.6) is 5.75 Å². The Balaban J connectivity index is 1.85. The van der Waals surface area contributed by atoms with Gasteiger partial charge in [0.1, 0.15) is 23.9 Å². The summed E-state index contributed by atoms with van der Waals surface area (Å²) in [5, 5.41) is 2.85. The highest BCUT2D eigenvalue weighted by atomic mass is 16.5. The molecular weight excluding hydrogens is 266 g/mol. The lowest BCUT2D eigenvalue weighted by molar-refractivity contribution is 0.0945. The summed E-state index contributed by atoms with van der Waals surface area (Å²) in [6.45, 7) is 8.46. The molecule has 1 aromatic heterocycles. The van der Waals surface area contributed by atoms with E-state index < -0.39 is 0 Å². The molecule has 0 atom stereocenters. The lowest BCUT2D eigenvalue weighted by Crippen LogP contribution is -2.28. The second-order valence-corrected chi connectivity index (χ2v) is 5.14. The molecule has 1 heterocycles. The van der Waals surface area contributed by atoms with Crippen LogP contribution in [0.3, 0.4) is 0 Å². The van der Waals surface area contributed by atoms with Crippen molar-refractivity contribution in [1.29, 1.82) is 0 Å². The van der Waals surface area contributed by atoms with E-state index in [-0.39, 0.29) is 5.91 Å². The summed E-state index contributed by atoms with van der Waals surface area (Å²) < 4.78 is 11.1. The molecule has 2 aromatic rings. The molecule has 0 spiro atoms. The third kappa shape index (κ3) is 3.66. The summed E-state index contributed by atoms with van der Waals surface area (Å²) in [6, 6.07) is 7.84. The van der Waals surface area contributed by atoms with E-state index in [1.807, 2.05) is 45.0 Å². The SMILES string of the molecule is Cc1cccc(OCCNC(=O)c2c(C)oc(C)c2C)c1. The molecule has 1 aromatic carbocycles. The van der Waals surface area contributed by atoms with Crippen LogP contribution in [0, 0.1) is 27.7 Å². The lowest BCUT2D eigenvalue weighted by atomic mass is 10.1. The maximum atomic E-state index is 12.1. The van der Waals surface area contributed by atoms with Crippen LogP contribution in [0.1, 0.15) is 33.0 Å². The van der Waals surface area contributed by atoms with Gasteiger partial charge in [0.25, 0.3) is 5.91 Å². The molecule has 1 N–H and O–H groups in total. The van der Waals surface area contributed by atoms with Crippen molar-refractivity contribution in [3.8, 4) is 5.75 Å². The third-order valence-electron chi connectivity index (χ3n) is 3.43. The van der Waals surface area contributed by atoms with Crippen molar-refractivity contribution < 1.29 is 13.9 Å². The number of aryl methyl sites for hydroxylation is 3. The standard InChI is InChI=1S/C17H21NO3/c1-11-6-5-7-15(10-11)20-9-8-18-17(19)16-12(2)13(3)21-14(16)4/h5-7,10H,8-9H2,1-4H3,(H,18,19). The highest BCUT2D eigenvalue weighted by molar-refractivity contribution is 5.96. The van der Waals surface area contributed by atoms with Gasteiger partial charge in [0.15, 0.2) is 0 Å². The van der Waals surface area contributed by atoms with Crippen molar-refractivity contribution in [2.75, 3.05) is 13.2 Å². The molecule has 0 fully saturated rings. The largest absolute Gasteiger partial charge is 0.492 e. The average molecular weight is 287 g/mol. The minimum Gasteiger partial charge on any atom is -0.492 e. The predicted molar refractivity (Wildman–Crippen MR) is 81.9 cm³/mol. The van der Waals surface area contributed by atoms with E-state index in [9.17, 15) is 4.79 Å². The second-order valence-electron chi connectivity index (χ2n) is 5.14. The summed E-state index contributed by atoms with van der Waals surface area (Å²) in [4.78, 5) is 12.1. The number of benzene rings is 1. The van der Waals surface area contributed by atoms with Crippen LogP contribution >= 0.6 is 0 Å². The van der Waals surface area contributed by atoms with Crippen molar-refractivity contribution in [3.05, 3.63) is 52.5 Å². The second kappa shape index (κ2) is 6.48. The Hall–Kier alpha value is -2.23. The molecular formula is C17H21NO3. The first-order valence-electron chi connectivity index (χ1n) is 7.03. The minimum absolute atomic E-state index is 0.116. The summed E-state index contributed by atoms with van der Waals surface area (Å²) in [7, 11) is 0. The van der Waals surface area contributed by atoms with Crippen LogP contribution in [-0.4, -0.2) is 19.1 Å². The Morgan fingerprint density at radius 3 is 2.57 bits per heavy atom. The number of carbonyl (C=O) groups excluding carboxylic acids is 1. The summed E-state index contributed by atoms with van der Waals surface area (Å²) in [5.41, 5.74) is 2.67. The van der Waals surface area contributed by atoms with Gasteiger partial charge in [-0.1, -0.05) is 12.1 Å². The van der Waals surface area contributed by atoms with Gasteiger partial charge < -0.3 is 14.5 Å². The Kier molecular flexibility index (Phi) is 4.68. The topological polar surface area (TPSA) is 51.5 Å². The van der Waals surface area contributed by atoms with Gasteiger partial charge in [-0.3, -0.25) is 4.79 Å². The Morgan fingerprint density at radius 1 is 1.19 bits per heavy atom. The van der Waals surface area contributed by atoms with Crippen molar-refractivity contribution in [3.63, 3.8) is 0 Å². The van der Waals surface area contributed by atoms with Crippen LogP contribution in [0.15, 0.2) is 28.7 Å². The maximum absolute atomic E-state index is 12.1. The van der Waals surface area contributed by atoms with E-state index in [1.165, 1.54) is 0 Å². The van der Waals surface area contributed by atoms with Gasteiger partial charge in [-0.15, -0.1) is 0 Å². The fourth-order valence-electron chi connectivity index (χ4n) is 2.25. The fraction of sp³-hybridized carbons (Fsp3) is 0.353. The van der Waals surface area contributed by atoms with E-state index in [1.54, 1.807) is 6.92 Å². The summed E-state index contributed by atoms with van der Waals surface area (Å²) in [5.74, 6) is 2.14. The molecule has 0 aliphatic rings. The van der Waals surface area contributed by atoms with E-state index >= 15 is 0 Å². The van der Waals surface area contributed by atoms with Gasteiger partial charge in [-0.2, -0.15) is 0 Å². The number of nitrogens with one attached hydrogen (secondary N) is 1. The number of hydrogen-bond donors (Lipinski definition) is 1. The zero-order valence-electron chi connectivity index (χ0n) is 12.9. The first-order chi connectivity index (χ1) is 9.99. The molecule has 0 aliphatic heterocycles. The number of carbonyl (C=O) groups is 1. The smallest absolute Gasteiger partial charge is 0.255 e. The molecule has 0 radical (unpaired) electrons. The van der Waals surface area contributed by atoms with Crippen LogP contribution in [0.2, 0.25) is 0 Å². The minimum atomic E-state index is -0.116. The highest BCUT2D eigenvalue weighted by Gasteiger charge is 2.17. The quantitative estimate of drug-likeness (QED) is 0.858. The molecule has 0 saturated carbocycles. The average Bonchev–Trinajstić information content (AvgIpc) is 2.68. The molecule has 4 nitrogen and oxygen atoms in total. The molecule has 2 rings (SSSR count). The zero-order valence-corrected chi connectivity index (χ0v) is 12.9. The molecule has 0 saturated heterocycles. The molecule has 0 aliphatic carbocycles. The zero-order chi connectivity index (χ0) is 15.4. The van der Waals surface area contributed by atoms with Crippen LogP contribution in [-0.2, 0) is 0 Å². The van der Waals surface area contributed by atoms with Gasteiger partial charge in [0, 0.05) is 5.56 Å². The third-order valence-corrected chi connectivity index (χ3v) is 3.43. The lowest BCUT2D eigenvalue weighted by Gasteiger charge is -2.08. The molecule has 1 amide bonds. The van der Waals surface area contributed by atoms with Gasteiger partial charge in [0.2, 0.25) is 0 Å². The Morgan fingerprint density at radius 2 is 1.95 bits per heavy atom. The Labute approximate surface area is 125 Å². The molecule has 0 bridgehead atoms. The summed E-state index contributed by atoms with van der Waals surface area (Å²) in [6.07, 6.45) is 0. The van der Waals surface area contributed by atoms with Crippen molar-refractivity contribution in [2.24, 2.45) is 0 Å². The molecule has 4 heteroatoms. The van der Waals surface area contributed by atoms with E-state index in [0.717, 1.165) is 22.6 Å². The highest BCUT2D eigenvalue weighted by Crippen LogP contribution is 2.20. The monoisotopic (exact) mass is 287 g/mol. The van der Waals surface area contributed by atoms with Crippen molar-refractivity contribution in [2.45, 2.75) is 27.7 Å². The number of hydrogen-bond acceptors (Lipinski definition) is 3. The van der Waals surface area contributed by atoms with E-state index in [0.29, 0.717) is 24.5 Å².